The molecule has 0 spiro atoms. The molecule has 1 unspecified atom stereocenters. The molecule has 0 saturated carbocycles. The van der Waals surface area contributed by atoms with Crippen molar-refractivity contribution in [2.75, 3.05) is 33.2 Å². The Hall–Kier alpha value is -1.46. The lowest BCUT2D eigenvalue weighted by atomic mass is 10.2. The van der Waals surface area contributed by atoms with Gasteiger partial charge in [0.05, 0.1) is 6.04 Å². The number of hydrogen-bond acceptors (Lipinski definition) is 3. The molecule has 110 valence electrons. The summed E-state index contributed by atoms with van der Waals surface area (Å²) in [6.45, 7) is 5.93. The summed E-state index contributed by atoms with van der Waals surface area (Å²) in [7, 11) is 2.07. The zero-order valence-electron chi connectivity index (χ0n) is 12.1. The first-order chi connectivity index (χ1) is 9.52. The van der Waals surface area contributed by atoms with E-state index in [4.69, 9.17) is 0 Å². The predicted molar refractivity (Wildman–Crippen MR) is 76.8 cm³/mol. The van der Waals surface area contributed by atoms with Crippen LogP contribution in [0.25, 0.3) is 0 Å². The molecule has 1 N–H and O–H groups in total. The Bertz CT molecular complexity index is 449. The fourth-order valence-corrected chi connectivity index (χ4v) is 2.61. The van der Waals surface area contributed by atoms with Crippen LogP contribution in [0.1, 0.15) is 12.5 Å². The maximum absolute atomic E-state index is 12.9. The van der Waals surface area contributed by atoms with Gasteiger partial charge in [-0.3, -0.25) is 9.69 Å². The van der Waals surface area contributed by atoms with Crippen molar-refractivity contribution in [3.05, 3.63) is 35.6 Å². The number of carbonyl (C=O) groups is 1. The number of carbonyl (C=O) groups excluding carboxylic acids is 1. The topological polar surface area (TPSA) is 35.6 Å². The molecule has 1 atom stereocenters. The maximum atomic E-state index is 12.9. The van der Waals surface area contributed by atoms with Crippen LogP contribution in [-0.2, 0) is 11.3 Å². The third-order valence-electron chi connectivity index (χ3n) is 3.54. The Morgan fingerprint density at radius 2 is 2.00 bits per heavy atom. The molecule has 1 fully saturated rings. The number of amides is 1. The van der Waals surface area contributed by atoms with Gasteiger partial charge in [0.1, 0.15) is 5.82 Å². The van der Waals surface area contributed by atoms with Gasteiger partial charge in [0.2, 0.25) is 5.91 Å². The van der Waals surface area contributed by atoms with Crippen LogP contribution in [0.5, 0.6) is 0 Å². The van der Waals surface area contributed by atoms with Crippen molar-refractivity contribution in [3.63, 3.8) is 0 Å². The van der Waals surface area contributed by atoms with Gasteiger partial charge in [-0.15, -0.1) is 0 Å². The zero-order chi connectivity index (χ0) is 14.5. The van der Waals surface area contributed by atoms with Gasteiger partial charge in [-0.25, -0.2) is 4.39 Å². The van der Waals surface area contributed by atoms with E-state index in [2.05, 4.69) is 22.2 Å². The lowest BCUT2D eigenvalue weighted by Gasteiger charge is -2.24. The highest BCUT2D eigenvalue weighted by Crippen LogP contribution is 2.10. The van der Waals surface area contributed by atoms with E-state index in [0.29, 0.717) is 0 Å². The van der Waals surface area contributed by atoms with Crippen LogP contribution in [0.2, 0.25) is 0 Å². The Labute approximate surface area is 119 Å². The summed E-state index contributed by atoms with van der Waals surface area (Å²) in [5.74, 6) is -0.201. The largest absolute Gasteiger partial charge is 0.351 e. The third-order valence-corrected chi connectivity index (χ3v) is 3.54. The van der Waals surface area contributed by atoms with Gasteiger partial charge >= 0.3 is 0 Å². The van der Waals surface area contributed by atoms with E-state index in [1.54, 1.807) is 6.92 Å². The molecule has 0 radical (unpaired) electrons. The fraction of sp³-hybridized carbons (Fsp3) is 0.533. The first kappa shape index (κ1) is 14.9. The first-order valence-electron chi connectivity index (χ1n) is 6.95. The molecule has 1 aliphatic heterocycles. The lowest BCUT2D eigenvalue weighted by molar-refractivity contribution is -0.119. The summed E-state index contributed by atoms with van der Waals surface area (Å²) in [5, 5.41) is 2.99. The molecule has 1 aromatic carbocycles. The second-order valence-electron chi connectivity index (χ2n) is 5.52. The average Bonchev–Trinajstić information content (AvgIpc) is 2.53. The summed E-state index contributed by atoms with van der Waals surface area (Å²) in [4.78, 5) is 15.8. The SMILES string of the molecule is CC(=O)NC1CN(C)CCN(Cc2ccc(F)cc2)C1. The standard InChI is InChI=1S/C15H22FN3O/c1-12(20)17-15-10-18(2)7-8-19(11-15)9-13-3-5-14(16)6-4-13/h3-6,15H,7-11H2,1-2H3,(H,17,20). The molecular formula is C15H22FN3O. The van der Waals surface area contributed by atoms with Crippen molar-refractivity contribution in [2.45, 2.75) is 19.5 Å². The fourth-order valence-electron chi connectivity index (χ4n) is 2.61. The minimum atomic E-state index is -0.208. The summed E-state index contributed by atoms with van der Waals surface area (Å²) in [5.41, 5.74) is 1.09. The van der Waals surface area contributed by atoms with Crippen molar-refractivity contribution in [3.8, 4) is 0 Å². The minimum Gasteiger partial charge on any atom is -0.351 e. The molecule has 20 heavy (non-hydrogen) atoms. The van der Waals surface area contributed by atoms with E-state index < -0.39 is 0 Å². The van der Waals surface area contributed by atoms with Crippen molar-refractivity contribution >= 4 is 5.91 Å². The summed E-state index contributed by atoms with van der Waals surface area (Å²) in [6.07, 6.45) is 0. The normalized spacial score (nSPS) is 21.4. The molecule has 1 heterocycles. The number of hydrogen-bond donors (Lipinski definition) is 1. The van der Waals surface area contributed by atoms with Crippen LogP contribution in [-0.4, -0.2) is 55.0 Å². The first-order valence-corrected chi connectivity index (χ1v) is 6.95. The van der Waals surface area contributed by atoms with Crippen LogP contribution >= 0.6 is 0 Å². The Balaban J connectivity index is 1.98. The molecule has 1 amide bonds. The summed E-state index contributed by atoms with van der Waals surface area (Å²) >= 11 is 0. The second kappa shape index (κ2) is 6.81. The van der Waals surface area contributed by atoms with Gasteiger partial charge in [0.25, 0.3) is 0 Å². The maximum Gasteiger partial charge on any atom is 0.217 e. The van der Waals surface area contributed by atoms with Crippen molar-refractivity contribution in [2.24, 2.45) is 0 Å². The van der Waals surface area contributed by atoms with Gasteiger partial charge in [0, 0.05) is 39.6 Å². The Morgan fingerprint density at radius 1 is 1.30 bits per heavy atom. The van der Waals surface area contributed by atoms with Crippen molar-refractivity contribution in [1.29, 1.82) is 0 Å². The van der Waals surface area contributed by atoms with E-state index in [1.165, 1.54) is 12.1 Å². The van der Waals surface area contributed by atoms with Gasteiger partial charge in [-0.05, 0) is 24.7 Å². The van der Waals surface area contributed by atoms with Gasteiger partial charge < -0.3 is 10.2 Å². The van der Waals surface area contributed by atoms with Gasteiger partial charge in [-0.1, -0.05) is 12.1 Å². The molecule has 1 aliphatic rings. The molecule has 0 bridgehead atoms. The van der Waals surface area contributed by atoms with Crippen LogP contribution in [0, 0.1) is 5.82 Å². The zero-order valence-corrected chi connectivity index (χ0v) is 12.1. The molecule has 4 nitrogen and oxygen atoms in total. The average molecular weight is 279 g/mol. The Kier molecular flexibility index (Phi) is 5.09. The molecular weight excluding hydrogens is 257 g/mol. The van der Waals surface area contributed by atoms with E-state index in [-0.39, 0.29) is 17.8 Å². The van der Waals surface area contributed by atoms with Crippen LogP contribution in [0.3, 0.4) is 0 Å². The number of benzene rings is 1. The van der Waals surface area contributed by atoms with E-state index in [1.807, 2.05) is 12.1 Å². The van der Waals surface area contributed by atoms with Crippen LogP contribution < -0.4 is 5.32 Å². The summed E-state index contributed by atoms with van der Waals surface area (Å²) < 4.78 is 12.9. The van der Waals surface area contributed by atoms with E-state index >= 15 is 0 Å². The summed E-state index contributed by atoms with van der Waals surface area (Å²) in [6, 6.07) is 6.75. The van der Waals surface area contributed by atoms with Crippen LogP contribution in [0.15, 0.2) is 24.3 Å². The third kappa shape index (κ3) is 4.58. The number of likely N-dealkylation sites (N-methyl/N-ethyl adjacent to an activating group) is 1. The molecule has 1 saturated heterocycles. The van der Waals surface area contributed by atoms with Crippen molar-refractivity contribution < 1.29 is 9.18 Å². The smallest absolute Gasteiger partial charge is 0.217 e. The quantitative estimate of drug-likeness (QED) is 0.899. The molecule has 0 aromatic heterocycles. The number of halogens is 1. The second-order valence-corrected chi connectivity index (χ2v) is 5.52. The highest BCUT2D eigenvalue weighted by Gasteiger charge is 2.21. The molecule has 1 aromatic rings. The number of nitrogens with zero attached hydrogens (tertiary/aromatic N) is 2. The highest BCUT2D eigenvalue weighted by molar-refractivity contribution is 5.73. The van der Waals surface area contributed by atoms with Crippen molar-refractivity contribution in [1.82, 2.24) is 15.1 Å². The van der Waals surface area contributed by atoms with Gasteiger partial charge in [0.15, 0.2) is 0 Å². The number of rotatable bonds is 3. The Morgan fingerprint density at radius 3 is 2.65 bits per heavy atom. The molecule has 2 rings (SSSR count). The van der Waals surface area contributed by atoms with E-state index in [9.17, 15) is 9.18 Å². The monoisotopic (exact) mass is 279 g/mol. The van der Waals surface area contributed by atoms with Crippen LogP contribution in [0.4, 0.5) is 4.39 Å². The van der Waals surface area contributed by atoms with E-state index in [0.717, 1.165) is 38.3 Å². The van der Waals surface area contributed by atoms with Gasteiger partial charge in [-0.2, -0.15) is 0 Å². The predicted octanol–water partition coefficient (Wildman–Crippen LogP) is 1.08. The lowest BCUT2D eigenvalue weighted by Crippen LogP contribution is -2.45. The molecule has 5 heteroatoms. The minimum absolute atomic E-state index is 0.00651. The highest BCUT2D eigenvalue weighted by atomic mass is 19.1. The molecule has 0 aliphatic carbocycles. The number of nitrogens with one attached hydrogen (secondary N) is 1.